The van der Waals surface area contributed by atoms with Gasteiger partial charge >= 0.3 is 0 Å². The van der Waals surface area contributed by atoms with Crippen LogP contribution in [0.4, 0.5) is 5.95 Å². The smallest absolute Gasteiger partial charge is 0.280 e. The molecule has 0 aliphatic heterocycles. The molecular formula is C22H41N5O3Si2. The molecule has 0 bridgehead atoms. The Hall–Kier alpha value is -1.50. The van der Waals surface area contributed by atoms with Gasteiger partial charge in [0.25, 0.3) is 5.56 Å². The highest BCUT2D eigenvalue weighted by Crippen LogP contribution is 2.53. The highest BCUT2D eigenvalue weighted by atomic mass is 28.4. The molecule has 32 heavy (non-hydrogen) atoms. The summed E-state index contributed by atoms with van der Waals surface area (Å²) < 4.78 is 15.2. The molecule has 0 amide bonds. The molecule has 0 spiro atoms. The lowest BCUT2D eigenvalue weighted by atomic mass is 10.2. The van der Waals surface area contributed by atoms with Crippen LogP contribution in [0.15, 0.2) is 11.1 Å². The van der Waals surface area contributed by atoms with Crippen molar-refractivity contribution in [2.45, 2.75) is 83.8 Å². The summed E-state index contributed by atoms with van der Waals surface area (Å²) in [5.41, 5.74) is 6.36. The zero-order chi connectivity index (χ0) is 24.3. The first-order valence-corrected chi connectivity index (χ1v) is 17.3. The first kappa shape index (κ1) is 25.1. The van der Waals surface area contributed by atoms with Crippen molar-refractivity contribution < 1.29 is 8.85 Å². The number of rotatable bonds is 7. The van der Waals surface area contributed by atoms with E-state index in [-0.39, 0.29) is 39.5 Å². The molecule has 0 radical (unpaired) electrons. The van der Waals surface area contributed by atoms with E-state index in [0.29, 0.717) is 24.4 Å². The van der Waals surface area contributed by atoms with Crippen molar-refractivity contribution in [2.75, 3.05) is 18.9 Å². The number of hydrogen-bond donors (Lipinski definition) is 2. The zero-order valence-corrected chi connectivity index (χ0v) is 23.4. The largest absolute Gasteiger partial charge is 0.416 e. The predicted molar refractivity (Wildman–Crippen MR) is 135 cm³/mol. The van der Waals surface area contributed by atoms with Gasteiger partial charge in [-0.15, -0.1) is 0 Å². The zero-order valence-electron chi connectivity index (χ0n) is 21.4. The molecule has 8 nitrogen and oxygen atoms in total. The molecule has 3 rings (SSSR count). The highest BCUT2D eigenvalue weighted by molar-refractivity contribution is 6.74. The van der Waals surface area contributed by atoms with Gasteiger partial charge in [-0.2, -0.15) is 4.98 Å². The van der Waals surface area contributed by atoms with Gasteiger partial charge < -0.3 is 19.2 Å². The second-order valence-electron chi connectivity index (χ2n) is 12.2. The summed E-state index contributed by atoms with van der Waals surface area (Å²) in [4.78, 5) is 23.5. The Morgan fingerprint density at radius 2 is 1.47 bits per heavy atom. The number of nitrogens with one attached hydrogen (secondary N) is 1. The number of imidazole rings is 1. The predicted octanol–water partition coefficient (Wildman–Crippen LogP) is 4.53. The topological polar surface area (TPSA) is 108 Å². The van der Waals surface area contributed by atoms with E-state index in [2.05, 4.69) is 82.7 Å². The third-order valence-electron chi connectivity index (χ3n) is 7.94. The van der Waals surface area contributed by atoms with Crippen molar-refractivity contribution in [3.05, 3.63) is 16.7 Å². The second-order valence-corrected chi connectivity index (χ2v) is 21.9. The fraction of sp³-hybridized carbons (Fsp3) is 0.773. The van der Waals surface area contributed by atoms with E-state index in [1.54, 1.807) is 6.33 Å². The maximum Gasteiger partial charge on any atom is 0.280 e. The van der Waals surface area contributed by atoms with Crippen LogP contribution in [0, 0.1) is 11.8 Å². The van der Waals surface area contributed by atoms with Crippen molar-refractivity contribution >= 4 is 33.7 Å². The van der Waals surface area contributed by atoms with Crippen molar-refractivity contribution in [1.82, 2.24) is 19.5 Å². The normalized spacial score (nSPS) is 22.5. The Kier molecular flexibility index (Phi) is 6.34. The molecule has 180 valence electrons. The Balaban J connectivity index is 1.87. The number of aromatic amines is 1. The number of nitrogens with two attached hydrogens (primary N) is 1. The number of aromatic nitrogens is 4. The Labute approximate surface area is 193 Å². The Bertz CT molecular complexity index is 997. The van der Waals surface area contributed by atoms with E-state index in [1.165, 1.54) is 0 Å². The van der Waals surface area contributed by atoms with Crippen LogP contribution in [0.2, 0.25) is 36.3 Å². The average Bonchev–Trinajstić information content (AvgIpc) is 3.14. The van der Waals surface area contributed by atoms with Crippen molar-refractivity contribution in [3.63, 3.8) is 0 Å². The summed E-state index contributed by atoms with van der Waals surface area (Å²) in [5, 5.41) is 0.297. The van der Waals surface area contributed by atoms with Crippen molar-refractivity contribution in [2.24, 2.45) is 11.8 Å². The average molecular weight is 480 g/mol. The van der Waals surface area contributed by atoms with Gasteiger partial charge in [-0.3, -0.25) is 9.78 Å². The van der Waals surface area contributed by atoms with Crippen LogP contribution >= 0.6 is 0 Å². The summed E-state index contributed by atoms with van der Waals surface area (Å²) in [7, 11) is -3.76. The van der Waals surface area contributed by atoms with Crippen LogP contribution in [0.5, 0.6) is 0 Å². The van der Waals surface area contributed by atoms with Crippen LogP contribution in [-0.4, -0.2) is 49.4 Å². The number of H-pyrrole nitrogens is 1. The highest BCUT2D eigenvalue weighted by Gasteiger charge is 2.54. The standard InChI is InChI=1S/C22H41N5O3Si2/c1-21(2,3)31(7,8)29-11-14-15(12-30-32(9,10)22(4,5)6)17(14)27-13-24-16-18(27)25-20(23)26-19(16)28/h13-15,17H,11-12H2,1-10H3,(H3,23,25,26,28)/t14-,15-/m0/s1. The van der Waals surface area contributed by atoms with Gasteiger partial charge in [0.1, 0.15) is 0 Å². The molecule has 10 heteroatoms. The molecule has 2 aromatic heterocycles. The lowest BCUT2D eigenvalue weighted by Crippen LogP contribution is -2.42. The quantitative estimate of drug-likeness (QED) is 0.565. The third kappa shape index (κ3) is 4.73. The molecule has 1 saturated carbocycles. The number of nitrogens with zero attached hydrogens (tertiary/aromatic N) is 3. The van der Waals surface area contributed by atoms with Gasteiger partial charge in [0.2, 0.25) is 5.95 Å². The third-order valence-corrected chi connectivity index (χ3v) is 16.9. The molecule has 2 heterocycles. The maximum absolute atomic E-state index is 12.3. The molecule has 1 aliphatic carbocycles. The summed E-state index contributed by atoms with van der Waals surface area (Å²) >= 11 is 0. The molecule has 3 N–H and O–H groups in total. The van der Waals surface area contributed by atoms with Crippen LogP contribution < -0.4 is 11.3 Å². The second kappa shape index (κ2) is 8.07. The van der Waals surface area contributed by atoms with E-state index in [0.717, 1.165) is 0 Å². The van der Waals surface area contributed by atoms with Gasteiger partial charge in [0.05, 0.1) is 6.33 Å². The molecular weight excluding hydrogens is 438 g/mol. The van der Waals surface area contributed by atoms with Gasteiger partial charge in [-0.05, 0) is 36.3 Å². The molecule has 1 fully saturated rings. The van der Waals surface area contributed by atoms with E-state index in [9.17, 15) is 4.79 Å². The van der Waals surface area contributed by atoms with Crippen LogP contribution in [0.25, 0.3) is 11.2 Å². The minimum Gasteiger partial charge on any atom is -0.416 e. The minimum absolute atomic E-state index is 0.105. The van der Waals surface area contributed by atoms with E-state index in [1.807, 2.05) is 4.57 Å². The van der Waals surface area contributed by atoms with Crippen molar-refractivity contribution in [1.29, 1.82) is 0 Å². The Morgan fingerprint density at radius 1 is 1.00 bits per heavy atom. The summed E-state index contributed by atoms with van der Waals surface area (Å²) in [6, 6.07) is 0.128. The lowest BCUT2D eigenvalue weighted by Gasteiger charge is -2.36. The SMILES string of the molecule is CC(C)(C)[Si](C)(C)OC[C@@H]1C(n2cnc3c(=O)[nH]c(N)nc32)[C@H]1CO[Si](C)(C)C(C)(C)C. The molecule has 2 aromatic rings. The first-order valence-electron chi connectivity index (χ1n) is 11.5. The monoisotopic (exact) mass is 479 g/mol. The number of fused-ring (bicyclic) bond motifs is 1. The van der Waals surface area contributed by atoms with E-state index in [4.69, 9.17) is 14.6 Å². The Morgan fingerprint density at radius 3 is 1.91 bits per heavy atom. The van der Waals surface area contributed by atoms with Gasteiger partial charge in [-0.1, -0.05) is 41.5 Å². The summed E-state index contributed by atoms with van der Waals surface area (Å²) in [6.07, 6.45) is 1.71. The molecule has 2 atom stereocenters. The summed E-state index contributed by atoms with van der Waals surface area (Å²) in [6.45, 7) is 24.0. The maximum atomic E-state index is 12.3. The fourth-order valence-corrected chi connectivity index (χ4v) is 5.57. The van der Waals surface area contributed by atoms with Gasteiger partial charge in [0.15, 0.2) is 27.8 Å². The molecule has 0 saturated heterocycles. The first-order chi connectivity index (χ1) is 14.5. The number of hydrogen-bond acceptors (Lipinski definition) is 6. The molecule has 1 aliphatic rings. The number of anilines is 1. The minimum atomic E-state index is -1.88. The molecule has 0 unspecified atom stereocenters. The van der Waals surface area contributed by atoms with E-state index >= 15 is 0 Å². The lowest BCUT2D eigenvalue weighted by molar-refractivity contribution is 0.233. The van der Waals surface area contributed by atoms with Crippen LogP contribution in [0.3, 0.4) is 0 Å². The fourth-order valence-electron chi connectivity index (χ4n) is 3.49. The van der Waals surface area contributed by atoms with Crippen molar-refractivity contribution in [3.8, 4) is 0 Å². The number of nitrogen functional groups attached to an aromatic ring is 1. The summed E-state index contributed by atoms with van der Waals surface area (Å²) in [5.74, 6) is 0.676. The van der Waals surface area contributed by atoms with Crippen LogP contribution in [-0.2, 0) is 8.85 Å². The molecule has 0 aromatic carbocycles. The van der Waals surface area contributed by atoms with Gasteiger partial charge in [0, 0.05) is 31.1 Å². The van der Waals surface area contributed by atoms with Gasteiger partial charge in [-0.25, -0.2) is 4.98 Å². The van der Waals surface area contributed by atoms with Crippen LogP contribution in [0.1, 0.15) is 47.6 Å². The van der Waals surface area contributed by atoms with E-state index < -0.39 is 16.6 Å².